The van der Waals surface area contributed by atoms with Crippen LogP contribution < -0.4 is 10.1 Å². The molecular formula is C24H28N4O2S. The van der Waals surface area contributed by atoms with Crippen LogP contribution in [0.5, 0.6) is 5.75 Å². The van der Waals surface area contributed by atoms with Crippen molar-refractivity contribution in [3.63, 3.8) is 0 Å². The molecule has 2 aromatic carbocycles. The number of carbonyl (C=O) groups is 1. The number of urea groups is 1. The van der Waals surface area contributed by atoms with Gasteiger partial charge in [-0.25, -0.2) is 9.78 Å². The number of aryl methyl sites for hydroxylation is 2. The van der Waals surface area contributed by atoms with Crippen LogP contribution in [0.4, 0.5) is 10.5 Å². The van der Waals surface area contributed by atoms with Crippen molar-refractivity contribution in [1.82, 2.24) is 14.8 Å². The van der Waals surface area contributed by atoms with Crippen LogP contribution in [0.2, 0.25) is 0 Å². The second kappa shape index (κ2) is 9.49. The number of hydrogen-bond acceptors (Lipinski definition) is 5. The Morgan fingerprint density at radius 2 is 1.90 bits per heavy atom. The Labute approximate surface area is 187 Å². The first-order valence-corrected chi connectivity index (χ1v) is 11.3. The summed E-state index contributed by atoms with van der Waals surface area (Å²) in [5, 5.41) is 6.21. The number of nitrogens with one attached hydrogen (secondary N) is 1. The average Bonchev–Trinajstić information content (AvgIpc) is 3.25. The smallest absolute Gasteiger partial charge is 0.321 e. The molecule has 1 aliphatic rings. The minimum absolute atomic E-state index is 0.0301. The van der Waals surface area contributed by atoms with Crippen molar-refractivity contribution in [3.8, 4) is 17.0 Å². The lowest BCUT2D eigenvalue weighted by Gasteiger charge is -2.34. The Hall–Kier alpha value is -2.90. The summed E-state index contributed by atoms with van der Waals surface area (Å²) in [6.07, 6.45) is 0. The molecule has 31 heavy (non-hydrogen) atoms. The molecular weight excluding hydrogens is 408 g/mol. The minimum Gasteiger partial charge on any atom is -0.497 e. The number of thiazole rings is 1. The molecule has 3 aromatic rings. The van der Waals surface area contributed by atoms with Gasteiger partial charge in [-0.1, -0.05) is 18.2 Å². The summed E-state index contributed by atoms with van der Waals surface area (Å²) in [6, 6.07) is 14.0. The Morgan fingerprint density at radius 3 is 2.65 bits per heavy atom. The van der Waals surface area contributed by atoms with Crippen LogP contribution in [0.15, 0.2) is 47.8 Å². The molecule has 7 heteroatoms. The number of piperazine rings is 1. The van der Waals surface area contributed by atoms with Gasteiger partial charge in [0, 0.05) is 42.8 Å². The third kappa shape index (κ3) is 5.24. The van der Waals surface area contributed by atoms with E-state index in [-0.39, 0.29) is 6.03 Å². The highest BCUT2D eigenvalue weighted by atomic mass is 32.1. The largest absolute Gasteiger partial charge is 0.497 e. The average molecular weight is 437 g/mol. The van der Waals surface area contributed by atoms with Gasteiger partial charge in [0.1, 0.15) is 10.8 Å². The zero-order valence-corrected chi connectivity index (χ0v) is 19.0. The lowest BCUT2D eigenvalue weighted by Crippen LogP contribution is -2.49. The molecule has 162 valence electrons. The fourth-order valence-electron chi connectivity index (χ4n) is 3.62. The topological polar surface area (TPSA) is 57.7 Å². The fraction of sp³-hybridized carbons (Fsp3) is 0.333. The third-order valence-electron chi connectivity index (χ3n) is 5.69. The summed E-state index contributed by atoms with van der Waals surface area (Å²) in [4.78, 5) is 21.7. The van der Waals surface area contributed by atoms with E-state index in [0.717, 1.165) is 47.3 Å². The maximum Gasteiger partial charge on any atom is 0.321 e. The van der Waals surface area contributed by atoms with Gasteiger partial charge in [-0.3, -0.25) is 4.90 Å². The molecule has 4 rings (SSSR count). The van der Waals surface area contributed by atoms with Gasteiger partial charge < -0.3 is 15.0 Å². The number of methoxy groups -OCH3 is 1. The second-order valence-corrected chi connectivity index (χ2v) is 8.79. The van der Waals surface area contributed by atoms with Crippen molar-refractivity contribution < 1.29 is 9.53 Å². The summed E-state index contributed by atoms with van der Waals surface area (Å²) in [7, 11) is 1.67. The molecule has 2 heterocycles. The van der Waals surface area contributed by atoms with E-state index in [9.17, 15) is 4.79 Å². The van der Waals surface area contributed by atoms with Gasteiger partial charge in [0.05, 0.1) is 19.3 Å². The van der Waals surface area contributed by atoms with Gasteiger partial charge in [-0.15, -0.1) is 11.3 Å². The molecule has 0 bridgehead atoms. The fourth-order valence-corrected chi connectivity index (χ4v) is 4.47. The van der Waals surface area contributed by atoms with Crippen molar-refractivity contribution >= 4 is 23.1 Å². The normalized spacial score (nSPS) is 14.5. The number of nitrogens with zero attached hydrogens (tertiary/aromatic N) is 3. The quantitative estimate of drug-likeness (QED) is 0.625. The third-order valence-corrected chi connectivity index (χ3v) is 6.53. The molecule has 0 radical (unpaired) electrons. The molecule has 6 nitrogen and oxygen atoms in total. The number of ether oxygens (including phenoxy) is 1. The predicted molar refractivity (Wildman–Crippen MR) is 126 cm³/mol. The lowest BCUT2D eigenvalue weighted by atomic mass is 10.1. The van der Waals surface area contributed by atoms with Crippen LogP contribution in [-0.4, -0.2) is 54.1 Å². The van der Waals surface area contributed by atoms with Crippen molar-refractivity contribution in [1.29, 1.82) is 0 Å². The molecule has 0 unspecified atom stereocenters. The summed E-state index contributed by atoms with van der Waals surface area (Å²) >= 11 is 1.68. The molecule has 1 aliphatic heterocycles. The van der Waals surface area contributed by atoms with E-state index < -0.39 is 0 Å². The number of hydrogen-bond donors (Lipinski definition) is 1. The number of anilines is 1. The maximum absolute atomic E-state index is 12.6. The molecule has 1 aromatic heterocycles. The number of rotatable bonds is 5. The highest BCUT2D eigenvalue weighted by Crippen LogP contribution is 2.26. The van der Waals surface area contributed by atoms with Crippen LogP contribution in [0.3, 0.4) is 0 Å². The Morgan fingerprint density at radius 1 is 1.10 bits per heavy atom. The van der Waals surface area contributed by atoms with E-state index in [2.05, 4.69) is 29.4 Å². The van der Waals surface area contributed by atoms with E-state index in [1.165, 1.54) is 11.1 Å². The van der Waals surface area contributed by atoms with Crippen molar-refractivity contribution in [2.75, 3.05) is 38.6 Å². The summed E-state index contributed by atoms with van der Waals surface area (Å²) in [5.41, 5.74) is 5.30. The Bertz CT molecular complexity index is 1060. The first kappa shape index (κ1) is 21.3. The summed E-state index contributed by atoms with van der Waals surface area (Å²) in [5.74, 6) is 0.835. The van der Waals surface area contributed by atoms with Crippen LogP contribution in [0, 0.1) is 13.8 Å². The Balaban J connectivity index is 1.29. The second-order valence-electron chi connectivity index (χ2n) is 7.85. The summed E-state index contributed by atoms with van der Waals surface area (Å²) < 4.78 is 5.31. The molecule has 1 saturated heterocycles. The van der Waals surface area contributed by atoms with Gasteiger partial charge in [0.2, 0.25) is 0 Å². The van der Waals surface area contributed by atoms with Crippen LogP contribution >= 0.6 is 11.3 Å². The molecule has 1 N–H and O–H groups in total. The monoisotopic (exact) mass is 436 g/mol. The van der Waals surface area contributed by atoms with Crippen LogP contribution in [-0.2, 0) is 6.54 Å². The molecule has 0 atom stereocenters. The van der Waals surface area contributed by atoms with E-state index in [0.29, 0.717) is 13.1 Å². The maximum atomic E-state index is 12.6. The summed E-state index contributed by atoms with van der Waals surface area (Å²) in [6.45, 7) is 8.05. The zero-order chi connectivity index (χ0) is 21.8. The first-order valence-electron chi connectivity index (χ1n) is 10.5. The van der Waals surface area contributed by atoms with Gasteiger partial charge in [-0.2, -0.15) is 0 Å². The van der Waals surface area contributed by atoms with Gasteiger partial charge in [-0.05, 0) is 49.2 Å². The molecule has 0 saturated carbocycles. The molecule has 0 spiro atoms. The van der Waals surface area contributed by atoms with Crippen LogP contribution in [0.1, 0.15) is 16.1 Å². The zero-order valence-electron chi connectivity index (χ0n) is 18.2. The van der Waals surface area contributed by atoms with Crippen molar-refractivity contribution in [3.05, 3.63) is 64.0 Å². The predicted octanol–water partition coefficient (Wildman–Crippen LogP) is 4.79. The SMILES string of the molecule is COc1cccc(-c2csc(CN3CCN(C(=O)Nc4ccc(C)c(C)c4)CC3)n2)c1. The standard InChI is InChI=1S/C24H28N4O2S/c1-17-7-8-20(13-18(17)2)25-24(29)28-11-9-27(10-12-28)15-23-26-22(16-31-23)19-5-4-6-21(14-19)30-3/h4-8,13-14,16H,9-12,15H2,1-3H3,(H,25,29). The Kier molecular flexibility index (Phi) is 6.53. The highest BCUT2D eigenvalue weighted by Gasteiger charge is 2.22. The number of aromatic nitrogens is 1. The first-order chi connectivity index (χ1) is 15.0. The van der Waals surface area contributed by atoms with Crippen LogP contribution in [0.25, 0.3) is 11.3 Å². The molecule has 2 amide bonds. The van der Waals surface area contributed by atoms with Gasteiger partial charge in [0.15, 0.2) is 0 Å². The number of carbonyl (C=O) groups excluding carboxylic acids is 1. The van der Waals surface area contributed by atoms with Crippen molar-refractivity contribution in [2.45, 2.75) is 20.4 Å². The van der Waals surface area contributed by atoms with E-state index >= 15 is 0 Å². The lowest BCUT2D eigenvalue weighted by molar-refractivity contribution is 0.143. The minimum atomic E-state index is -0.0301. The van der Waals surface area contributed by atoms with Gasteiger partial charge >= 0.3 is 6.03 Å². The number of amides is 2. The highest BCUT2D eigenvalue weighted by molar-refractivity contribution is 7.09. The molecule has 0 aliphatic carbocycles. The van der Waals surface area contributed by atoms with Crippen molar-refractivity contribution in [2.24, 2.45) is 0 Å². The number of benzene rings is 2. The van der Waals surface area contributed by atoms with E-state index in [1.807, 2.05) is 47.4 Å². The van der Waals surface area contributed by atoms with E-state index in [4.69, 9.17) is 9.72 Å². The van der Waals surface area contributed by atoms with E-state index in [1.54, 1.807) is 18.4 Å². The molecule has 1 fully saturated rings. The van der Waals surface area contributed by atoms with Gasteiger partial charge in [0.25, 0.3) is 0 Å².